The first-order chi connectivity index (χ1) is 8.18. The maximum atomic E-state index is 6.13. The maximum Gasteiger partial charge on any atom is 0.0834 e. The van der Waals surface area contributed by atoms with Gasteiger partial charge in [-0.2, -0.15) is 5.10 Å². The average molecular weight is 267 g/mol. The summed E-state index contributed by atoms with van der Waals surface area (Å²) in [6, 6.07) is 1.66. The second-order valence-electron chi connectivity index (χ2n) is 3.70. The Morgan fingerprint density at radius 1 is 1.24 bits per heavy atom. The number of nitrogens with two attached hydrogens (primary N) is 1. The minimum absolute atomic E-state index is 0.442. The molecule has 1 aromatic carbocycles. The third kappa shape index (κ3) is 1.49. The first-order valence-electron chi connectivity index (χ1n) is 4.92. The van der Waals surface area contributed by atoms with Crippen LogP contribution in [0.4, 0.5) is 5.69 Å². The zero-order valence-electron chi connectivity index (χ0n) is 8.59. The molecule has 0 fully saturated rings. The number of anilines is 1. The van der Waals surface area contributed by atoms with Gasteiger partial charge >= 0.3 is 0 Å². The Hall–Kier alpha value is -1.65. The van der Waals surface area contributed by atoms with Crippen molar-refractivity contribution in [3.05, 3.63) is 34.7 Å². The molecule has 0 saturated carbocycles. The Kier molecular flexibility index (Phi) is 2.28. The van der Waals surface area contributed by atoms with E-state index in [2.05, 4.69) is 15.2 Å². The van der Waals surface area contributed by atoms with Crippen LogP contribution in [0.5, 0.6) is 0 Å². The second kappa shape index (κ2) is 3.68. The van der Waals surface area contributed by atoms with Crippen LogP contribution in [-0.4, -0.2) is 15.2 Å². The lowest BCUT2D eigenvalue weighted by Gasteiger charge is -2.03. The molecule has 0 spiro atoms. The van der Waals surface area contributed by atoms with Crippen LogP contribution in [0.3, 0.4) is 0 Å². The lowest BCUT2D eigenvalue weighted by molar-refractivity contribution is 1.09. The lowest BCUT2D eigenvalue weighted by Crippen LogP contribution is -1.87. The van der Waals surface area contributed by atoms with Gasteiger partial charge in [-0.05, 0) is 6.07 Å². The molecule has 0 saturated heterocycles. The summed E-state index contributed by atoms with van der Waals surface area (Å²) in [5.41, 5.74) is 9.21. The molecule has 3 rings (SSSR count). The van der Waals surface area contributed by atoms with Crippen LogP contribution in [0.15, 0.2) is 24.7 Å². The van der Waals surface area contributed by atoms with Crippen molar-refractivity contribution in [3.8, 4) is 11.1 Å². The standard InChI is InChI=1S/C11H8Cl2N4/c12-7-1-8(14)9-6(5-2-16-17-3-5)4-15-11(9)10(7)13/h1-4,15H,14H2,(H,16,17). The van der Waals surface area contributed by atoms with Crippen molar-refractivity contribution in [1.82, 2.24) is 15.2 Å². The minimum Gasteiger partial charge on any atom is -0.398 e. The topological polar surface area (TPSA) is 70.5 Å². The number of benzene rings is 1. The Morgan fingerprint density at radius 3 is 2.76 bits per heavy atom. The predicted molar refractivity (Wildman–Crippen MR) is 70.3 cm³/mol. The molecule has 0 unspecified atom stereocenters. The Bertz CT molecular complexity index is 685. The third-order valence-corrected chi connectivity index (χ3v) is 3.48. The minimum atomic E-state index is 0.442. The van der Waals surface area contributed by atoms with E-state index in [1.807, 2.05) is 6.20 Å². The van der Waals surface area contributed by atoms with Crippen molar-refractivity contribution in [2.24, 2.45) is 0 Å². The quantitative estimate of drug-likeness (QED) is 0.591. The summed E-state index contributed by atoms with van der Waals surface area (Å²) in [6.45, 7) is 0. The van der Waals surface area contributed by atoms with Crippen LogP contribution in [0.25, 0.3) is 22.0 Å². The fourth-order valence-corrected chi connectivity index (χ4v) is 2.33. The summed E-state index contributed by atoms with van der Waals surface area (Å²) in [4.78, 5) is 3.09. The Morgan fingerprint density at radius 2 is 2.06 bits per heavy atom. The number of nitrogens with one attached hydrogen (secondary N) is 2. The zero-order chi connectivity index (χ0) is 12.0. The largest absolute Gasteiger partial charge is 0.398 e. The van der Waals surface area contributed by atoms with Gasteiger partial charge in [0.1, 0.15) is 0 Å². The first-order valence-corrected chi connectivity index (χ1v) is 5.68. The number of halogens is 2. The van der Waals surface area contributed by atoms with Crippen molar-refractivity contribution in [2.75, 3.05) is 5.73 Å². The summed E-state index contributed by atoms with van der Waals surface area (Å²) in [5, 5.41) is 8.46. The lowest BCUT2D eigenvalue weighted by atomic mass is 10.1. The van der Waals surface area contributed by atoms with E-state index in [1.165, 1.54) is 0 Å². The highest BCUT2D eigenvalue weighted by molar-refractivity contribution is 6.45. The smallest absolute Gasteiger partial charge is 0.0834 e. The molecule has 2 heterocycles. The van der Waals surface area contributed by atoms with Crippen LogP contribution >= 0.6 is 23.2 Å². The summed E-state index contributed by atoms with van der Waals surface area (Å²) in [7, 11) is 0. The van der Waals surface area contributed by atoms with Crippen LogP contribution < -0.4 is 5.73 Å². The number of nitrogen functional groups attached to an aromatic ring is 1. The molecule has 0 radical (unpaired) electrons. The molecule has 3 aromatic rings. The second-order valence-corrected chi connectivity index (χ2v) is 4.49. The number of H-pyrrole nitrogens is 2. The number of nitrogens with zero attached hydrogens (tertiary/aromatic N) is 1. The summed E-state index contributed by atoms with van der Waals surface area (Å²) < 4.78 is 0. The van der Waals surface area contributed by atoms with E-state index >= 15 is 0 Å². The van der Waals surface area contributed by atoms with Gasteiger partial charge in [0.25, 0.3) is 0 Å². The molecule has 0 aliphatic heterocycles. The SMILES string of the molecule is Nc1cc(Cl)c(Cl)c2[nH]cc(-c3cn[nH]c3)c12. The summed E-state index contributed by atoms with van der Waals surface area (Å²) >= 11 is 12.1. The van der Waals surface area contributed by atoms with Gasteiger partial charge in [0.15, 0.2) is 0 Å². The molecule has 86 valence electrons. The van der Waals surface area contributed by atoms with Gasteiger partial charge in [0.05, 0.1) is 21.8 Å². The van der Waals surface area contributed by atoms with E-state index in [9.17, 15) is 0 Å². The van der Waals surface area contributed by atoms with Gasteiger partial charge in [-0.15, -0.1) is 0 Å². The predicted octanol–water partition coefficient (Wildman–Crippen LogP) is 3.45. The first kappa shape index (κ1) is 10.5. The van der Waals surface area contributed by atoms with Gasteiger partial charge in [-0.25, -0.2) is 0 Å². The van der Waals surface area contributed by atoms with E-state index < -0.39 is 0 Å². The number of aromatic nitrogens is 3. The van der Waals surface area contributed by atoms with Crippen molar-refractivity contribution in [3.63, 3.8) is 0 Å². The third-order valence-electron chi connectivity index (χ3n) is 2.69. The van der Waals surface area contributed by atoms with E-state index in [0.29, 0.717) is 15.7 Å². The maximum absolute atomic E-state index is 6.13. The van der Waals surface area contributed by atoms with Crippen LogP contribution in [0, 0.1) is 0 Å². The number of rotatable bonds is 1. The summed E-state index contributed by atoms with van der Waals surface area (Å²) in [5.74, 6) is 0. The van der Waals surface area contributed by atoms with Gasteiger partial charge in [0.2, 0.25) is 0 Å². The number of fused-ring (bicyclic) bond motifs is 1. The van der Waals surface area contributed by atoms with Crippen molar-refractivity contribution in [2.45, 2.75) is 0 Å². The Labute approximate surface area is 107 Å². The molecule has 17 heavy (non-hydrogen) atoms. The summed E-state index contributed by atoms with van der Waals surface area (Å²) in [6.07, 6.45) is 5.36. The molecule has 0 amide bonds. The van der Waals surface area contributed by atoms with Crippen molar-refractivity contribution >= 4 is 39.8 Å². The molecule has 4 N–H and O–H groups in total. The van der Waals surface area contributed by atoms with E-state index in [-0.39, 0.29) is 0 Å². The van der Waals surface area contributed by atoms with Gasteiger partial charge in [-0.3, -0.25) is 5.10 Å². The molecule has 2 aromatic heterocycles. The average Bonchev–Trinajstić information content (AvgIpc) is 2.94. The molecule has 6 heteroatoms. The zero-order valence-corrected chi connectivity index (χ0v) is 10.1. The van der Waals surface area contributed by atoms with E-state index in [0.717, 1.165) is 22.0 Å². The van der Waals surface area contributed by atoms with Crippen LogP contribution in [0.1, 0.15) is 0 Å². The normalized spacial score (nSPS) is 11.2. The Balaban J connectivity index is 2.40. The molecule has 0 aliphatic rings. The highest BCUT2D eigenvalue weighted by Gasteiger charge is 2.14. The molecular formula is C11H8Cl2N4. The number of hydrogen-bond acceptors (Lipinski definition) is 2. The van der Waals surface area contributed by atoms with Crippen molar-refractivity contribution < 1.29 is 0 Å². The monoisotopic (exact) mass is 266 g/mol. The van der Waals surface area contributed by atoms with Gasteiger partial charge < -0.3 is 10.7 Å². The fourth-order valence-electron chi connectivity index (χ4n) is 1.91. The molecular weight excluding hydrogens is 259 g/mol. The van der Waals surface area contributed by atoms with Crippen LogP contribution in [-0.2, 0) is 0 Å². The molecule has 0 bridgehead atoms. The van der Waals surface area contributed by atoms with Crippen molar-refractivity contribution in [1.29, 1.82) is 0 Å². The van der Waals surface area contributed by atoms with Gasteiger partial charge in [-0.1, -0.05) is 23.2 Å². The molecule has 4 nitrogen and oxygen atoms in total. The highest BCUT2D eigenvalue weighted by atomic mass is 35.5. The van der Waals surface area contributed by atoms with E-state index in [1.54, 1.807) is 18.5 Å². The molecule has 0 aliphatic carbocycles. The number of hydrogen-bond donors (Lipinski definition) is 3. The fraction of sp³-hybridized carbons (Fsp3) is 0. The number of aromatic amines is 2. The van der Waals surface area contributed by atoms with Crippen LogP contribution in [0.2, 0.25) is 10.0 Å². The highest BCUT2D eigenvalue weighted by Crippen LogP contribution is 2.39. The van der Waals surface area contributed by atoms with Gasteiger partial charge in [0, 0.05) is 34.6 Å². The molecule has 0 atom stereocenters. The van der Waals surface area contributed by atoms with E-state index in [4.69, 9.17) is 28.9 Å².